The maximum atomic E-state index is 7.22. The molecule has 2 heterocycles. The molecule has 6 aromatic carbocycles. The van der Waals surface area contributed by atoms with Crippen molar-refractivity contribution >= 4 is 66.0 Å². The lowest BCUT2D eigenvalue weighted by Crippen LogP contribution is -2.12. The number of anilines is 1. The predicted octanol–water partition coefficient (Wildman–Crippen LogP) is 17.4. The molecule has 1 atom stereocenters. The van der Waals surface area contributed by atoms with E-state index in [1.165, 1.54) is 0 Å². The summed E-state index contributed by atoms with van der Waals surface area (Å²) in [4.78, 5) is 0. The summed E-state index contributed by atoms with van der Waals surface area (Å²) in [6.07, 6.45) is 0. The van der Waals surface area contributed by atoms with Gasteiger partial charge in [-0.15, -0.1) is 0 Å². The van der Waals surface area contributed by atoms with Crippen molar-refractivity contribution in [3.05, 3.63) is 128 Å². The molecule has 0 fully saturated rings. The molecular formula is C54H61NO7P2. The lowest BCUT2D eigenvalue weighted by atomic mass is 9.83. The van der Waals surface area contributed by atoms with Crippen LogP contribution in [0.25, 0.3) is 55.0 Å². The normalized spacial score (nSPS) is 12.3. The fourth-order valence-electron chi connectivity index (χ4n) is 8.87. The minimum absolute atomic E-state index is 0.288. The largest absolute Gasteiger partial charge is 0.497 e. The van der Waals surface area contributed by atoms with Crippen LogP contribution in [0.4, 0.5) is 5.69 Å². The Morgan fingerprint density at radius 1 is 0.438 bits per heavy atom. The summed E-state index contributed by atoms with van der Waals surface area (Å²) in [5.41, 5.74) is 15.4. The van der Waals surface area contributed by atoms with Crippen LogP contribution in [-0.2, 0) is 10.8 Å². The van der Waals surface area contributed by atoms with Gasteiger partial charge in [-0.3, -0.25) is 0 Å². The fourth-order valence-corrected chi connectivity index (χ4v) is 11.3. The quantitative estimate of drug-likeness (QED) is 0.169. The molecular weight excluding hydrogens is 837 g/mol. The number of nitrogens with one attached hydrogen (secondary N) is 1. The molecule has 8 nitrogen and oxygen atoms in total. The highest BCUT2D eigenvalue weighted by atomic mass is 31.1. The number of ether oxygens (including phenoxy) is 1. The summed E-state index contributed by atoms with van der Waals surface area (Å²) >= 11 is 0. The lowest BCUT2D eigenvalue weighted by molar-refractivity contribution is 0.413. The Balaban J connectivity index is 1.40. The van der Waals surface area contributed by atoms with Crippen molar-refractivity contribution in [3.8, 4) is 28.4 Å². The summed E-state index contributed by atoms with van der Waals surface area (Å²) in [6, 6.07) is 25.6. The standard InChI is InChI=1S/C54H61NO7P2/c1-29-17-33(5)47-39(21-29)40-22-30(2)18-34(6)48(40)58-63(57-47)59-49-35(7)19-31(3)23-41(49)42-24-32(4)20-36(8)50(42)60-64-61-51-43(25-37(55-15)26-45(51)53(9,10)11)44-27-38(56-16)28-46(52(44)62-64)54(12,13)14/h17-28,55H,1-16H3. The minimum atomic E-state index is -2.10. The molecule has 0 spiro atoms. The summed E-state index contributed by atoms with van der Waals surface area (Å²) in [7, 11) is -0.432. The summed E-state index contributed by atoms with van der Waals surface area (Å²) in [5, 5.41) is 7.17. The molecule has 0 aliphatic rings. The monoisotopic (exact) mass is 897 g/mol. The van der Waals surface area contributed by atoms with Crippen molar-refractivity contribution in [3.63, 3.8) is 0 Å². The Bertz CT molecular complexity index is 3100. The van der Waals surface area contributed by atoms with Crippen molar-refractivity contribution in [1.29, 1.82) is 0 Å². The number of hydrogen-bond acceptors (Lipinski definition) is 8. The minimum Gasteiger partial charge on any atom is -0.497 e. The van der Waals surface area contributed by atoms with E-state index in [4.69, 9.17) is 30.6 Å². The van der Waals surface area contributed by atoms with E-state index in [1.807, 2.05) is 13.1 Å². The number of hydrogen-bond donors (Lipinski definition) is 1. The molecule has 1 N–H and O–H groups in total. The lowest BCUT2D eigenvalue weighted by Gasteiger charge is -2.22. The topological polar surface area (TPSA) is 92.3 Å². The molecule has 0 bridgehead atoms. The third-order valence-corrected chi connectivity index (χ3v) is 13.8. The number of fused-ring (bicyclic) bond motifs is 6. The van der Waals surface area contributed by atoms with Crippen LogP contribution in [0.1, 0.15) is 97.2 Å². The predicted molar refractivity (Wildman–Crippen MR) is 268 cm³/mol. The number of rotatable bonds is 7. The molecule has 334 valence electrons. The number of methoxy groups -OCH3 is 1. The molecule has 10 heteroatoms. The van der Waals surface area contributed by atoms with E-state index >= 15 is 0 Å². The van der Waals surface area contributed by atoms with Crippen LogP contribution in [-0.4, -0.2) is 14.2 Å². The zero-order chi connectivity index (χ0) is 46.2. The van der Waals surface area contributed by atoms with Gasteiger partial charge in [0.2, 0.25) is 0 Å². The van der Waals surface area contributed by atoms with Gasteiger partial charge in [0.05, 0.1) is 7.11 Å². The van der Waals surface area contributed by atoms with E-state index < -0.39 is 16.5 Å². The van der Waals surface area contributed by atoms with Crippen LogP contribution in [0.15, 0.2) is 89.6 Å². The first kappa shape index (κ1) is 44.9. The molecule has 0 saturated carbocycles. The van der Waals surface area contributed by atoms with Gasteiger partial charge in [-0.1, -0.05) is 65.8 Å². The smallest absolute Gasteiger partial charge is 0.453 e. The molecule has 2 aromatic heterocycles. The Labute approximate surface area is 379 Å². The first-order valence-electron chi connectivity index (χ1n) is 21.9. The molecule has 1 unspecified atom stereocenters. The zero-order valence-corrected chi connectivity index (χ0v) is 42.0. The molecule has 0 radical (unpaired) electrons. The van der Waals surface area contributed by atoms with Gasteiger partial charge in [0.1, 0.15) is 39.6 Å². The fraction of sp³-hybridized carbons (Fsp3) is 0.333. The molecule has 0 aliphatic heterocycles. The van der Waals surface area contributed by atoms with Gasteiger partial charge >= 0.3 is 16.5 Å². The maximum Gasteiger partial charge on any atom is 0.453 e. The van der Waals surface area contributed by atoms with Crippen LogP contribution in [0.5, 0.6) is 17.2 Å². The van der Waals surface area contributed by atoms with Gasteiger partial charge in [-0.05, 0) is 159 Å². The van der Waals surface area contributed by atoms with E-state index in [1.54, 1.807) is 7.11 Å². The first-order chi connectivity index (χ1) is 30.1. The van der Waals surface area contributed by atoms with Gasteiger partial charge < -0.3 is 35.9 Å². The van der Waals surface area contributed by atoms with Crippen LogP contribution in [0, 0.1) is 55.4 Å². The van der Waals surface area contributed by atoms with E-state index in [0.717, 1.165) is 111 Å². The average molecular weight is 898 g/mol. The number of benzene rings is 6. The third-order valence-electron chi connectivity index (χ3n) is 11.8. The Morgan fingerprint density at radius 2 is 0.812 bits per heavy atom. The van der Waals surface area contributed by atoms with Gasteiger partial charge in [0.15, 0.2) is 0 Å². The molecule has 8 aromatic rings. The van der Waals surface area contributed by atoms with Gasteiger partial charge in [-0.25, -0.2) is 0 Å². The van der Waals surface area contributed by atoms with Gasteiger partial charge in [-0.2, -0.15) is 0 Å². The third kappa shape index (κ3) is 8.51. The molecule has 8 rings (SSSR count). The highest BCUT2D eigenvalue weighted by molar-refractivity contribution is 7.32. The van der Waals surface area contributed by atoms with Crippen molar-refractivity contribution in [2.75, 3.05) is 19.5 Å². The second kappa shape index (κ2) is 16.7. The van der Waals surface area contributed by atoms with Crippen LogP contribution >= 0.6 is 16.5 Å². The van der Waals surface area contributed by atoms with Gasteiger partial charge in [0, 0.05) is 56.5 Å². The van der Waals surface area contributed by atoms with E-state index in [-0.39, 0.29) is 10.8 Å². The molecule has 0 aliphatic carbocycles. The van der Waals surface area contributed by atoms with E-state index in [9.17, 15) is 0 Å². The summed E-state index contributed by atoms with van der Waals surface area (Å²) < 4.78 is 48.1. The van der Waals surface area contributed by atoms with E-state index in [0.29, 0.717) is 22.7 Å². The SMILES string of the molecule is CNc1cc(C(C)(C)C)c2op(Oc3c(C)cc(C)cc3-c3cc(C)cc(C)c3Op3oc4c(C)cc(C)cc4c4cc(C)cc(C)c4o3)oc3c(C(C)(C)C)cc(OC)cc3c2c1. The van der Waals surface area contributed by atoms with Crippen molar-refractivity contribution in [2.45, 2.75) is 108 Å². The first-order valence-corrected chi connectivity index (χ1v) is 24.1. The Hall–Kier alpha value is -5.68. The molecule has 0 saturated heterocycles. The van der Waals surface area contributed by atoms with Crippen LogP contribution in [0.2, 0.25) is 0 Å². The van der Waals surface area contributed by atoms with Crippen molar-refractivity contribution in [1.82, 2.24) is 0 Å². The van der Waals surface area contributed by atoms with Crippen LogP contribution < -0.4 is 19.1 Å². The highest BCUT2D eigenvalue weighted by Crippen LogP contribution is 2.51. The maximum absolute atomic E-state index is 7.22. The van der Waals surface area contributed by atoms with E-state index in [2.05, 4.69) is 169 Å². The average Bonchev–Trinajstić information content (AvgIpc) is 3.46. The van der Waals surface area contributed by atoms with Crippen LogP contribution in [0.3, 0.4) is 0 Å². The second-order valence-electron chi connectivity index (χ2n) is 19.5. The Kier molecular flexibility index (Phi) is 11.7. The second-order valence-corrected chi connectivity index (χ2v) is 21.5. The zero-order valence-electron chi connectivity index (χ0n) is 40.2. The van der Waals surface area contributed by atoms with Gasteiger partial charge in [0.25, 0.3) is 0 Å². The molecule has 0 amide bonds. The van der Waals surface area contributed by atoms with Crippen molar-refractivity contribution < 1.29 is 30.6 Å². The van der Waals surface area contributed by atoms with Crippen molar-refractivity contribution in [2.24, 2.45) is 0 Å². The summed E-state index contributed by atoms with van der Waals surface area (Å²) in [5.74, 6) is 2.02. The highest BCUT2D eigenvalue weighted by Gasteiger charge is 2.28. The number of aryl methyl sites for hydroxylation is 8. The Morgan fingerprint density at radius 3 is 1.23 bits per heavy atom. The molecule has 64 heavy (non-hydrogen) atoms. The summed E-state index contributed by atoms with van der Waals surface area (Å²) in [6.45, 7) is 29.9.